The lowest BCUT2D eigenvalue weighted by atomic mass is 9.98. The zero-order chi connectivity index (χ0) is 21.8. The maximum absolute atomic E-state index is 12.1. The molecule has 7 heteroatoms. The maximum Gasteiger partial charge on any atom is 0.338 e. The maximum atomic E-state index is 12.1. The van der Waals surface area contributed by atoms with Gasteiger partial charge in [-0.3, -0.25) is 0 Å². The van der Waals surface area contributed by atoms with E-state index in [0.717, 1.165) is 47.4 Å². The Morgan fingerprint density at radius 1 is 1.10 bits per heavy atom. The van der Waals surface area contributed by atoms with Gasteiger partial charge in [-0.1, -0.05) is 55.8 Å². The van der Waals surface area contributed by atoms with Gasteiger partial charge in [-0.25, -0.2) is 19.7 Å². The van der Waals surface area contributed by atoms with Crippen molar-refractivity contribution in [2.45, 2.75) is 32.7 Å². The predicted octanol–water partition coefficient (Wildman–Crippen LogP) is 4.25. The molecule has 2 aromatic heterocycles. The molecule has 31 heavy (non-hydrogen) atoms. The molecular weight excluding hydrogens is 390 g/mol. The van der Waals surface area contributed by atoms with Crippen molar-refractivity contribution in [3.8, 4) is 11.1 Å². The van der Waals surface area contributed by atoms with Crippen molar-refractivity contribution in [1.82, 2.24) is 19.5 Å². The van der Waals surface area contributed by atoms with E-state index in [9.17, 15) is 4.79 Å². The predicted molar refractivity (Wildman–Crippen MR) is 121 cm³/mol. The minimum atomic E-state index is -0.345. The molecule has 0 aliphatic heterocycles. The number of aromatic nitrogens is 4. The minimum absolute atomic E-state index is 0.345. The van der Waals surface area contributed by atoms with E-state index in [1.54, 1.807) is 6.07 Å². The Kier molecular flexibility index (Phi) is 5.93. The Bertz CT molecular complexity index is 1210. The molecule has 0 bridgehead atoms. The number of rotatable bonds is 7. The summed E-state index contributed by atoms with van der Waals surface area (Å²) < 4.78 is 7.03. The molecule has 0 fully saturated rings. The van der Waals surface area contributed by atoms with Crippen LogP contribution in [0.2, 0.25) is 0 Å². The lowest BCUT2D eigenvalue weighted by molar-refractivity contribution is 0.0601. The molecule has 0 atom stereocenters. The number of benzene rings is 2. The van der Waals surface area contributed by atoms with Gasteiger partial charge in [-0.05, 0) is 29.2 Å². The number of hydrogen-bond donors (Lipinski definition) is 1. The molecule has 2 aromatic carbocycles. The van der Waals surface area contributed by atoms with Crippen LogP contribution in [0.25, 0.3) is 22.3 Å². The molecule has 0 radical (unpaired) electrons. The standard InChI is InChI=1S/C24H25N5O2/c1-3-4-9-20-28-21-22(25)26-15-27-23(21)29(20)14-16-10-12-17(13-11-16)18-7-5-6-8-19(18)24(30)31-2/h5-8,10-13,15H,3-4,9,14H2,1-2H3,(H2,25,26,27). The van der Waals surface area contributed by atoms with Crippen LogP contribution in [0.5, 0.6) is 0 Å². The molecule has 4 rings (SSSR count). The van der Waals surface area contributed by atoms with Gasteiger partial charge in [-0.2, -0.15) is 0 Å². The van der Waals surface area contributed by atoms with Crippen molar-refractivity contribution < 1.29 is 9.53 Å². The van der Waals surface area contributed by atoms with Crippen LogP contribution >= 0.6 is 0 Å². The van der Waals surface area contributed by atoms with E-state index in [-0.39, 0.29) is 5.97 Å². The molecule has 0 aliphatic rings. The monoisotopic (exact) mass is 415 g/mol. The number of fused-ring (bicyclic) bond motifs is 1. The molecule has 158 valence electrons. The van der Waals surface area contributed by atoms with E-state index in [1.807, 2.05) is 30.3 Å². The highest BCUT2D eigenvalue weighted by Gasteiger charge is 2.16. The molecule has 0 unspecified atom stereocenters. The van der Waals surface area contributed by atoms with Crippen molar-refractivity contribution in [2.24, 2.45) is 0 Å². The highest BCUT2D eigenvalue weighted by Crippen LogP contribution is 2.26. The number of nitrogens with zero attached hydrogens (tertiary/aromatic N) is 4. The summed E-state index contributed by atoms with van der Waals surface area (Å²) in [5.74, 6) is 1.02. The first kappa shape index (κ1) is 20.5. The zero-order valence-electron chi connectivity index (χ0n) is 17.7. The van der Waals surface area contributed by atoms with Gasteiger partial charge in [0, 0.05) is 6.42 Å². The number of anilines is 1. The fourth-order valence-electron chi connectivity index (χ4n) is 3.69. The van der Waals surface area contributed by atoms with Gasteiger partial charge in [0.15, 0.2) is 17.0 Å². The Morgan fingerprint density at radius 3 is 2.61 bits per heavy atom. The Morgan fingerprint density at radius 2 is 1.87 bits per heavy atom. The topological polar surface area (TPSA) is 95.9 Å². The summed E-state index contributed by atoms with van der Waals surface area (Å²) in [5.41, 5.74) is 10.9. The Balaban J connectivity index is 1.67. The fraction of sp³-hybridized carbons (Fsp3) is 0.250. The first-order valence-electron chi connectivity index (χ1n) is 10.3. The lowest BCUT2D eigenvalue weighted by Crippen LogP contribution is -2.06. The highest BCUT2D eigenvalue weighted by molar-refractivity contribution is 5.97. The van der Waals surface area contributed by atoms with Gasteiger partial charge in [0.25, 0.3) is 0 Å². The summed E-state index contributed by atoms with van der Waals surface area (Å²) in [6, 6.07) is 15.6. The zero-order valence-corrected chi connectivity index (χ0v) is 17.7. The Labute approximate surface area is 180 Å². The van der Waals surface area contributed by atoms with Crippen molar-refractivity contribution in [3.63, 3.8) is 0 Å². The minimum Gasteiger partial charge on any atom is -0.465 e. The van der Waals surface area contributed by atoms with Crippen molar-refractivity contribution >= 4 is 23.0 Å². The second-order valence-electron chi connectivity index (χ2n) is 7.38. The van der Waals surface area contributed by atoms with Gasteiger partial charge < -0.3 is 15.0 Å². The second-order valence-corrected chi connectivity index (χ2v) is 7.38. The van der Waals surface area contributed by atoms with Crippen LogP contribution < -0.4 is 5.73 Å². The van der Waals surface area contributed by atoms with E-state index >= 15 is 0 Å². The quantitative estimate of drug-likeness (QED) is 0.453. The van der Waals surface area contributed by atoms with Crippen LogP contribution in [-0.4, -0.2) is 32.6 Å². The number of imidazole rings is 1. The molecule has 0 saturated carbocycles. The number of unbranched alkanes of at least 4 members (excludes halogenated alkanes) is 1. The second kappa shape index (κ2) is 8.95. The summed E-state index contributed by atoms with van der Waals surface area (Å²) in [4.78, 5) is 25.3. The van der Waals surface area contributed by atoms with Crippen LogP contribution in [-0.2, 0) is 17.7 Å². The van der Waals surface area contributed by atoms with E-state index in [0.29, 0.717) is 23.4 Å². The lowest BCUT2D eigenvalue weighted by Gasteiger charge is -2.11. The summed E-state index contributed by atoms with van der Waals surface area (Å²) in [5, 5.41) is 0. The van der Waals surface area contributed by atoms with E-state index in [2.05, 4.69) is 33.6 Å². The van der Waals surface area contributed by atoms with Crippen LogP contribution in [0, 0.1) is 0 Å². The van der Waals surface area contributed by atoms with Crippen LogP contribution in [0.3, 0.4) is 0 Å². The largest absolute Gasteiger partial charge is 0.465 e. The highest BCUT2D eigenvalue weighted by atomic mass is 16.5. The average Bonchev–Trinajstić information content (AvgIpc) is 3.16. The molecule has 0 spiro atoms. The van der Waals surface area contributed by atoms with E-state index in [1.165, 1.54) is 13.4 Å². The summed E-state index contributed by atoms with van der Waals surface area (Å²) in [7, 11) is 1.39. The molecule has 0 amide bonds. The number of nitrogen functional groups attached to an aromatic ring is 1. The number of aryl methyl sites for hydroxylation is 1. The molecule has 0 saturated heterocycles. The van der Waals surface area contributed by atoms with Crippen molar-refractivity contribution in [3.05, 3.63) is 71.8 Å². The molecule has 0 aliphatic carbocycles. The molecule has 4 aromatic rings. The molecular formula is C24H25N5O2. The van der Waals surface area contributed by atoms with Crippen LogP contribution in [0.1, 0.15) is 41.5 Å². The number of hydrogen-bond acceptors (Lipinski definition) is 6. The summed E-state index contributed by atoms with van der Waals surface area (Å²) >= 11 is 0. The fourth-order valence-corrected chi connectivity index (χ4v) is 3.69. The van der Waals surface area contributed by atoms with Gasteiger partial charge in [-0.15, -0.1) is 0 Å². The van der Waals surface area contributed by atoms with E-state index in [4.69, 9.17) is 15.5 Å². The number of carbonyl (C=O) groups excluding carboxylic acids is 1. The van der Waals surface area contributed by atoms with Crippen LogP contribution in [0.4, 0.5) is 5.82 Å². The third kappa shape index (κ3) is 4.12. The molecule has 2 heterocycles. The van der Waals surface area contributed by atoms with Gasteiger partial charge in [0.05, 0.1) is 19.2 Å². The third-order valence-electron chi connectivity index (χ3n) is 5.33. The SMILES string of the molecule is CCCCc1nc2c(N)ncnc2n1Cc1ccc(-c2ccccc2C(=O)OC)cc1. The number of carbonyl (C=O) groups is 1. The van der Waals surface area contributed by atoms with E-state index < -0.39 is 0 Å². The normalized spacial score (nSPS) is 11.0. The molecule has 2 N–H and O–H groups in total. The first-order valence-corrected chi connectivity index (χ1v) is 10.3. The number of ether oxygens (including phenoxy) is 1. The first-order chi connectivity index (χ1) is 15.1. The van der Waals surface area contributed by atoms with Crippen molar-refractivity contribution in [1.29, 1.82) is 0 Å². The van der Waals surface area contributed by atoms with Crippen molar-refractivity contribution in [2.75, 3.05) is 12.8 Å². The van der Waals surface area contributed by atoms with Gasteiger partial charge in [0.1, 0.15) is 12.2 Å². The number of esters is 1. The number of nitrogens with two attached hydrogens (primary N) is 1. The third-order valence-corrected chi connectivity index (χ3v) is 5.33. The Hall–Kier alpha value is -3.74. The van der Waals surface area contributed by atoms with Crippen LogP contribution in [0.15, 0.2) is 54.9 Å². The van der Waals surface area contributed by atoms with Gasteiger partial charge >= 0.3 is 5.97 Å². The number of methoxy groups -OCH3 is 1. The smallest absolute Gasteiger partial charge is 0.338 e. The molecule has 7 nitrogen and oxygen atoms in total. The summed E-state index contributed by atoms with van der Waals surface area (Å²) in [6.45, 7) is 2.79. The summed E-state index contributed by atoms with van der Waals surface area (Å²) in [6.07, 6.45) is 4.46. The average molecular weight is 415 g/mol. The van der Waals surface area contributed by atoms with Gasteiger partial charge in [0.2, 0.25) is 0 Å².